The van der Waals surface area contributed by atoms with Gasteiger partial charge in [0.15, 0.2) is 5.82 Å². The SMILES string of the molecule is CNC(=O)c1ccc(CNC(=O)c2[nH]nc3c(F)cc(-c4ccc(C(=O)N(C)C)cn4)cc23)cc1. The number of carbonyl (C=O) groups excluding carboxylic acids is 3. The van der Waals surface area contributed by atoms with Crippen LogP contribution in [0, 0.1) is 5.82 Å². The van der Waals surface area contributed by atoms with E-state index in [9.17, 15) is 18.8 Å². The predicted octanol–water partition coefficient (Wildman–Crippen LogP) is 2.76. The lowest BCUT2D eigenvalue weighted by Gasteiger charge is -2.10. The van der Waals surface area contributed by atoms with Crippen molar-refractivity contribution in [3.63, 3.8) is 0 Å². The number of rotatable bonds is 6. The lowest BCUT2D eigenvalue weighted by Crippen LogP contribution is -2.23. The maximum Gasteiger partial charge on any atom is 0.270 e. The number of benzene rings is 2. The number of halogens is 1. The van der Waals surface area contributed by atoms with Gasteiger partial charge in [-0.2, -0.15) is 5.10 Å². The minimum atomic E-state index is -0.604. The second-order valence-corrected chi connectivity index (χ2v) is 8.04. The molecule has 0 unspecified atom stereocenters. The zero-order valence-electron chi connectivity index (χ0n) is 19.3. The van der Waals surface area contributed by atoms with E-state index in [4.69, 9.17) is 0 Å². The van der Waals surface area contributed by atoms with Crippen molar-refractivity contribution in [3.8, 4) is 11.3 Å². The van der Waals surface area contributed by atoms with Crippen molar-refractivity contribution >= 4 is 28.6 Å². The van der Waals surface area contributed by atoms with Crippen molar-refractivity contribution in [2.45, 2.75) is 6.54 Å². The van der Waals surface area contributed by atoms with E-state index in [1.807, 2.05) is 0 Å². The van der Waals surface area contributed by atoms with E-state index in [0.29, 0.717) is 27.8 Å². The van der Waals surface area contributed by atoms with Crippen molar-refractivity contribution in [1.29, 1.82) is 0 Å². The Hall–Kier alpha value is -4.60. The van der Waals surface area contributed by atoms with Crippen LogP contribution in [0.4, 0.5) is 4.39 Å². The Bertz CT molecular complexity index is 1410. The summed E-state index contributed by atoms with van der Waals surface area (Å²) in [4.78, 5) is 42.3. The second kappa shape index (κ2) is 9.72. The molecule has 4 aromatic rings. The van der Waals surface area contributed by atoms with Crippen LogP contribution in [-0.4, -0.2) is 58.9 Å². The molecule has 0 saturated heterocycles. The number of nitrogens with zero attached hydrogens (tertiary/aromatic N) is 3. The average molecular weight is 474 g/mol. The lowest BCUT2D eigenvalue weighted by molar-refractivity contribution is 0.0826. The Labute approximate surface area is 200 Å². The molecule has 178 valence electrons. The van der Waals surface area contributed by atoms with Gasteiger partial charge in [0, 0.05) is 50.4 Å². The highest BCUT2D eigenvalue weighted by Crippen LogP contribution is 2.27. The number of aromatic nitrogens is 3. The monoisotopic (exact) mass is 474 g/mol. The van der Waals surface area contributed by atoms with Gasteiger partial charge in [-0.1, -0.05) is 12.1 Å². The molecule has 0 bridgehead atoms. The van der Waals surface area contributed by atoms with Crippen molar-refractivity contribution < 1.29 is 18.8 Å². The van der Waals surface area contributed by atoms with E-state index in [0.717, 1.165) is 5.56 Å². The average Bonchev–Trinajstić information content (AvgIpc) is 3.31. The molecule has 0 spiro atoms. The fourth-order valence-electron chi connectivity index (χ4n) is 3.53. The summed E-state index contributed by atoms with van der Waals surface area (Å²) < 4.78 is 14.8. The van der Waals surface area contributed by atoms with E-state index in [2.05, 4.69) is 25.8 Å². The van der Waals surface area contributed by atoms with E-state index < -0.39 is 11.7 Å². The Balaban J connectivity index is 1.56. The Kier molecular flexibility index (Phi) is 6.54. The molecule has 0 aliphatic rings. The van der Waals surface area contributed by atoms with Crippen LogP contribution in [0.15, 0.2) is 54.7 Å². The number of hydrogen-bond donors (Lipinski definition) is 3. The number of amides is 3. The third-order valence-corrected chi connectivity index (χ3v) is 5.45. The summed E-state index contributed by atoms with van der Waals surface area (Å²) in [5.41, 5.74) is 2.75. The number of aromatic amines is 1. The number of carbonyl (C=O) groups is 3. The van der Waals surface area contributed by atoms with Gasteiger partial charge in [-0.25, -0.2) is 4.39 Å². The number of hydrogen-bond acceptors (Lipinski definition) is 5. The van der Waals surface area contributed by atoms with Gasteiger partial charge in [0.2, 0.25) is 0 Å². The third-order valence-electron chi connectivity index (χ3n) is 5.45. The van der Waals surface area contributed by atoms with Gasteiger partial charge >= 0.3 is 0 Å². The Morgan fingerprint density at radius 2 is 1.71 bits per heavy atom. The third kappa shape index (κ3) is 4.86. The summed E-state index contributed by atoms with van der Waals surface area (Å²) >= 11 is 0. The molecule has 10 heteroatoms. The van der Waals surface area contributed by atoms with Gasteiger partial charge in [-0.15, -0.1) is 0 Å². The van der Waals surface area contributed by atoms with E-state index in [1.54, 1.807) is 63.6 Å². The fraction of sp³-hybridized carbons (Fsp3) is 0.160. The van der Waals surface area contributed by atoms with E-state index >= 15 is 0 Å². The second-order valence-electron chi connectivity index (χ2n) is 8.04. The van der Waals surface area contributed by atoms with Crippen LogP contribution in [0.5, 0.6) is 0 Å². The smallest absolute Gasteiger partial charge is 0.270 e. The molecule has 3 N–H and O–H groups in total. The molecular formula is C25H23FN6O3. The highest BCUT2D eigenvalue weighted by molar-refractivity contribution is 6.05. The maximum atomic E-state index is 14.8. The van der Waals surface area contributed by atoms with Gasteiger partial charge in [-0.05, 0) is 42.0 Å². The molecule has 0 aliphatic carbocycles. The number of nitrogens with one attached hydrogen (secondary N) is 3. The highest BCUT2D eigenvalue weighted by Gasteiger charge is 2.18. The first kappa shape index (κ1) is 23.6. The summed E-state index contributed by atoms with van der Waals surface area (Å²) in [6.45, 7) is 0.207. The van der Waals surface area contributed by atoms with Crippen LogP contribution >= 0.6 is 0 Å². The number of pyridine rings is 1. The molecule has 0 aliphatic heterocycles. The lowest BCUT2D eigenvalue weighted by atomic mass is 10.1. The zero-order chi connectivity index (χ0) is 25.1. The van der Waals surface area contributed by atoms with Crippen LogP contribution in [-0.2, 0) is 6.54 Å². The molecule has 35 heavy (non-hydrogen) atoms. The number of H-pyrrole nitrogens is 1. The highest BCUT2D eigenvalue weighted by atomic mass is 19.1. The van der Waals surface area contributed by atoms with Gasteiger partial charge < -0.3 is 15.5 Å². The van der Waals surface area contributed by atoms with Crippen LogP contribution in [0.3, 0.4) is 0 Å². The van der Waals surface area contributed by atoms with Crippen molar-refractivity contribution in [2.75, 3.05) is 21.1 Å². The van der Waals surface area contributed by atoms with Gasteiger partial charge in [0.05, 0.1) is 11.3 Å². The van der Waals surface area contributed by atoms with Crippen molar-refractivity contribution in [3.05, 3.63) is 82.9 Å². The van der Waals surface area contributed by atoms with E-state index in [-0.39, 0.29) is 29.6 Å². The Morgan fingerprint density at radius 3 is 2.34 bits per heavy atom. The summed E-state index contributed by atoms with van der Waals surface area (Å²) in [6, 6.07) is 13.0. The maximum absolute atomic E-state index is 14.8. The van der Waals surface area contributed by atoms with Gasteiger partial charge in [-0.3, -0.25) is 24.5 Å². The summed E-state index contributed by atoms with van der Waals surface area (Å²) in [6.07, 6.45) is 1.43. The minimum absolute atomic E-state index is 0.0354. The molecule has 9 nitrogen and oxygen atoms in total. The standard InChI is InChI=1S/C25H23FN6O3/c1-27-23(33)15-6-4-14(5-7-15)12-29-24(34)22-18-10-17(11-19(26)21(18)30-31-22)20-9-8-16(13-28-20)25(35)32(2)3/h4-11,13H,12H2,1-3H3,(H,27,33)(H,29,34)(H,30,31). The van der Waals surface area contributed by atoms with Crippen LogP contribution in [0.25, 0.3) is 22.2 Å². The molecular weight excluding hydrogens is 451 g/mol. The molecule has 0 radical (unpaired) electrons. The largest absolute Gasteiger partial charge is 0.355 e. The molecule has 0 fully saturated rings. The first-order chi connectivity index (χ1) is 16.8. The molecule has 0 atom stereocenters. The summed E-state index contributed by atoms with van der Waals surface area (Å²) in [5, 5.41) is 12.2. The Morgan fingerprint density at radius 1 is 1.00 bits per heavy atom. The van der Waals surface area contributed by atoms with Crippen LogP contribution in [0.1, 0.15) is 36.8 Å². The molecule has 0 saturated carbocycles. The first-order valence-electron chi connectivity index (χ1n) is 10.7. The quantitative estimate of drug-likeness (QED) is 0.397. The van der Waals surface area contributed by atoms with Crippen LogP contribution in [0.2, 0.25) is 0 Å². The molecule has 2 aromatic heterocycles. The molecule has 2 aromatic carbocycles. The molecule has 2 heterocycles. The first-order valence-corrected chi connectivity index (χ1v) is 10.7. The summed E-state index contributed by atoms with van der Waals surface area (Å²) in [7, 11) is 4.84. The topological polar surface area (TPSA) is 120 Å². The number of fused-ring (bicyclic) bond motifs is 1. The summed E-state index contributed by atoms with van der Waals surface area (Å²) in [5.74, 6) is -1.45. The van der Waals surface area contributed by atoms with Gasteiger partial charge in [0.25, 0.3) is 17.7 Å². The fourth-order valence-corrected chi connectivity index (χ4v) is 3.53. The predicted molar refractivity (Wildman–Crippen MR) is 128 cm³/mol. The molecule has 3 amide bonds. The van der Waals surface area contributed by atoms with E-state index in [1.165, 1.54) is 17.2 Å². The van der Waals surface area contributed by atoms with Gasteiger partial charge in [0.1, 0.15) is 11.2 Å². The molecule has 4 rings (SSSR count). The van der Waals surface area contributed by atoms with Crippen molar-refractivity contribution in [1.82, 2.24) is 30.7 Å². The zero-order valence-corrected chi connectivity index (χ0v) is 19.3. The normalized spacial score (nSPS) is 10.7. The van der Waals surface area contributed by atoms with Crippen LogP contribution < -0.4 is 10.6 Å². The van der Waals surface area contributed by atoms with Crippen molar-refractivity contribution in [2.24, 2.45) is 0 Å². The minimum Gasteiger partial charge on any atom is -0.355 e.